The largest absolute Gasteiger partial charge is 0.377 e. The molecule has 7 nitrogen and oxygen atoms in total. The highest BCUT2D eigenvalue weighted by Gasteiger charge is 2.22. The lowest BCUT2D eigenvalue weighted by atomic mass is 10.1. The molecule has 2 unspecified atom stereocenters. The van der Waals surface area contributed by atoms with E-state index in [1.165, 1.54) is 0 Å². The van der Waals surface area contributed by atoms with Crippen LogP contribution >= 0.6 is 0 Å². The fourth-order valence-electron chi connectivity index (χ4n) is 2.60. The van der Waals surface area contributed by atoms with Crippen LogP contribution in [0.5, 0.6) is 0 Å². The summed E-state index contributed by atoms with van der Waals surface area (Å²) >= 11 is 0. The molecule has 2 saturated heterocycles. The standard InChI is InChI=1S/C13H25N3O4S/c17-13(12-5-3-6-14-12)15-7-9-21(18,19)16-10-11-4-1-2-8-20-11/h11-12,14,16H,1-10H2,(H,15,17). The number of ether oxygens (including phenoxy) is 1. The van der Waals surface area contributed by atoms with E-state index in [1.807, 2.05) is 0 Å². The molecule has 2 rings (SSSR count). The predicted octanol–water partition coefficient (Wildman–Crippen LogP) is -0.657. The first-order valence-electron chi connectivity index (χ1n) is 7.67. The predicted molar refractivity (Wildman–Crippen MR) is 79.4 cm³/mol. The van der Waals surface area contributed by atoms with Crippen LogP contribution in [0.25, 0.3) is 0 Å². The molecule has 1 amide bonds. The van der Waals surface area contributed by atoms with Gasteiger partial charge in [-0.25, -0.2) is 13.1 Å². The summed E-state index contributed by atoms with van der Waals surface area (Å²) < 4.78 is 31.7. The summed E-state index contributed by atoms with van der Waals surface area (Å²) in [7, 11) is -3.37. The molecular weight excluding hydrogens is 294 g/mol. The van der Waals surface area contributed by atoms with Crippen LogP contribution in [0, 0.1) is 0 Å². The first kappa shape index (κ1) is 16.7. The topological polar surface area (TPSA) is 96.5 Å². The maximum absolute atomic E-state index is 11.8. The van der Waals surface area contributed by atoms with Crippen molar-refractivity contribution in [1.29, 1.82) is 0 Å². The molecule has 0 aliphatic carbocycles. The summed E-state index contributed by atoms with van der Waals surface area (Å²) in [6.45, 7) is 2.01. The van der Waals surface area contributed by atoms with Crippen molar-refractivity contribution in [3.63, 3.8) is 0 Å². The molecule has 2 aliphatic heterocycles. The monoisotopic (exact) mass is 319 g/mol. The van der Waals surface area contributed by atoms with Crippen LogP contribution in [-0.4, -0.2) is 58.5 Å². The summed E-state index contributed by atoms with van der Waals surface area (Å²) in [5.74, 6) is -0.212. The van der Waals surface area contributed by atoms with E-state index in [-0.39, 0.29) is 30.4 Å². The number of rotatable bonds is 7. The van der Waals surface area contributed by atoms with E-state index in [0.29, 0.717) is 13.2 Å². The number of carbonyl (C=O) groups excluding carboxylic acids is 1. The molecule has 0 saturated carbocycles. The van der Waals surface area contributed by atoms with E-state index in [0.717, 1.165) is 38.6 Å². The molecule has 2 heterocycles. The molecule has 2 atom stereocenters. The van der Waals surface area contributed by atoms with Gasteiger partial charge in [0.25, 0.3) is 0 Å². The average Bonchev–Trinajstić information content (AvgIpc) is 3.00. The van der Waals surface area contributed by atoms with Gasteiger partial charge < -0.3 is 15.4 Å². The van der Waals surface area contributed by atoms with Gasteiger partial charge in [0, 0.05) is 19.7 Å². The second-order valence-electron chi connectivity index (χ2n) is 5.60. The van der Waals surface area contributed by atoms with Crippen LogP contribution in [0.4, 0.5) is 0 Å². The van der Waals surface area contributed by atoms with Crippen molar-refractivity contribution in [2.24, 2.45) is 0 Å². The highest BCUT2D eigenvalue weighted by Crippen LogP contribution is 2.11. The van der Waals surface area contributed by atoms with Gasteiger partial charge in [-0.15, -0.1) is 0 Å². The normalized spacial score (nSPS) is 26.7. The van der Waals surface area contributed by atoms with Crippen molar-refractivity contribution in [3.8, 4) is 0 Å². The van der Waals surface area contributed by atoms with Crippen LogP contribution < -0.4 is 15.4 Å². The molecule has 21 heavy (non-hydrogen) atoms. The van der Waals surface area contributed by atoms with Gasteiger partial charge in [0.1, 0.15) is 0 Å². The molecule has 0 bridgehead atoms. The van der Waals surface area contributed by atoms with E-state index in [4.69, 9.17) is 4.74 Å². The van der Waals surface area contributed by atoms with Crippen molar-refractivity contribution < 1.29 is 17.9 Å². The third-order valence-electron chi connectivity index (χ3n) is 3.85. The van der Waals surface area contributed by atoms with Gasteiger partial charge in [-0.2, -0.15) is 0 Å². The maximum Gasteiger partial charge on any atom is 0.237 e. The smallest absolute Gasteiger partial charge is 0.237 e. The number of hydrogen-bond donors (Lipinski definition) is 3. The Bertz CT molecular complexity index is 429. The van der Waals surface area contributed by atoms with Crippen molar-refractivity contribution in [2.45, 2.75) is 44.2 Å². The molecule has 2 aliphatic rings. The minimum absolute atomic E-state index is 0.0224. The molecule has 122 valence electrons. The molecule has 0 aromatic heterocycles. The van der Waals surface area contributed by atoms with Gasteiger partial charge in [0.2, 0.25) is 15.9 Å². The zero-order chi connectivity index (χ0) is 15.1. The molecule has 0 radical (unpaired) electrons. The summed E-state index contributed by atoms with van der Waals surface area (Å²) in [6, 6.07) is -0.170. The molecule has 3 N–H and O–H groups in total. The highest BCUT2D eigenvalue weighted by atomic mass is 32.2. The van der Waals surface area contributed by atoms with Gasteiger partial charge in [-0.3, -0.25) is 4.79 Å². The Morgan fingerprint density at radius 3 is 2.76 bits per heavy atom. The Balaban J connectivity index is 1.62. The minimum Gasteiger partial charge on any atom is -0.377 e. The molecule has 0 spiro atoms. The summed E-state index contributed by atoms with van der Waals surface area (Å²) in [5.41, 5.74) is 0. The summed E-state index contributed by atoms with van der Waals surface area (Å²) in [5, 5.41) is 5.75. The fraction of sp³-hybridized carbons (Fsp3) is 0.923. The van der Waals surface area contributed by atoms with Crippen LogP contribution in [0.15, 0.2) is 0 Å². The summed E-state index contributed by atoms with van der Waals surface area (Å²) in [6.07, 6.45) is 4.80. The number of nitrogens with one attached hydrogen (secondary N) is 3. The van der Waals surface area contributed by atoms with Crippen LogP contribution in [0.3, 0.4) is 0 Å². The fourth-order valence-corrected chi connectivity index (χ4v) is 3.56. The van der Waals surface area contributed by atoms with Gasteiger partial charge in [0.15, 0.2) is 0 Å². The SMILES string of the molecule is O=C(NCCS(=O)(=O)NCC1CCCCO1)C1CCCN1. The Morgan fingerprint density at radius 2 is 2.10 bits per heavy atom. The number of amides is 1. The van der Waals surface area contributed by atoms with E-state index < -0.39 is 10.0 Å². The number of hydrogen-bond acceptors (Lipinski definition) is 5. The molecule has 2 fully saturated rings. The Labute approximate surface area is 126 Å². The van der Waals surface area contributed by atoms with E-state index in [9.17, 15) is 13.2 Å². The Kier molecular flexibility index (Phi) is 6.40. The highest BCUT2D eigenvalue weighted by molar-refractivity contribution is 7.89. The van der Waals surface area contributed by atoms with Gasteiger partial charge in [-0.05, 0) is 38.6 Å². The average molecular weight is 319 g/mol. The second-order valence-corrected chi connectivity index (χ2v) is 7.52. The van der Waals surface area contributed by atoms with Gasteiger partial charge in [-0.1, -0.05) is 0 Å². The molecule has 0 aromatic carbocycles. The lowest BCUT2D eigenvalue weighted by molar-refractivity contribution is -0.122. The number of sulfonamides is 1. The first-order valence-corrected chi connectivity index (χ1v) is 9.32. The van der Waals surface area contributed by atoms with Gasteiger partial charge >= 0.3 is 0 Å². The van der Waals surface area contributed by atoms with Crippen molar-refractivity contribution >= 4 is 15.9 Å². The zero-order valence-corrected chi connectivity index (χ0v) is 13.1. The van der Waals surface area contributed by atoms with E-state index in [1.54, 1.807) is 0 Å². The Hall–Kier alpha value is -0.700. The Morgan fingerprint density at radius 1 is 1.24 bits per heavy atom. The van der Waals surface area contributed by atoms with Crippen LogP contribution in [0.2, 0.25) is 0 Å². The quantitative estimate of drug-likeness (QED) is 0.579. The first-order chi connectivity index (χ1) is 10.1. The molecule has 0 aromatic rings. The number of carbonyl (C=O) groups is 1. The van der Waals surface area contributed by atoms with E-state index in [2.05, 4.69) is 15.4 Å². The molecular formula is C13H25N3O4S. The minimum atomic E-state index is -3.37. The third kappa shape index (κ3) is 5.90. The van der Waals surface area contributed by atoms with Crippen LogP contribution in [-0.2, 0) is 19.6 Å². The van der Waals surface area contributed by atoms with Crippen molar-refractivity contribution in [2.75, 3.05) is 32.0 Å². The van der Waals surface area contributed by atoms with Crippen molar-refractivity contribution in [1.82, 2.24) is 15.4 Å². The van der Waals surface area contributed by atoms with E-state index >= 15 is 0 Å². The van der Waals surface area contributed by atoms with Crippen molar-refractivity contribution in [3.05, 3.63) is 0 Å². The van der Waals surface area contributed by atoms with Crippen LogP contribution in [0.1, 0.15) is 32.1 Å². The molecule has 8 heteroatoms. The second kappa shape index (κ2) is 8.07. The lowest BCUT2D eigenvalue weighted by Gasteiger charge is -2.22. The zero-order valence-electron chi connectivity index (χ0n) is 12.3. The lowest BCUT2D eigenvalue weighted by Crippen LogP contribution is -2.43. The van der Waals surface area contributed by atoms with Gasteiger partial charge in [0.05, 0.1) is 17.9 Å². The summed E-state index contributed by atoms with van der Waals surface area (Å²) in [4.78, 5) is 11.7. The third-order valence-corrected chi connectivity index (χ3v) is 5.20. The maximum atomic E-state index is 11.8.